The Hall–Kier alpha value is -3.91. The SMILES string of the molecule is CCCCOC(=O)Nc1ccn([C@@H]2O[C@H](COC(=O)CCCCC(=O)Nc3ccccc3)[C@@H](O)C2(F)F)c(=O)n1. The molecule has 14 heteroatoms. The fourth-order valence-electron chi connectivity index (χ4n) is 3.76. The monoisotopic (exact) mass is 566 g/mol. The third kappa shape index (κ3) is 8.55. The number of carbonyl (C=O) groups excluding carboxylic acids is 3. The van der Waals surface area contributed by atoms with Gasteiger partial charge in [-0.3, -0.25) is 19.5 Å². The number of rotatable bonds is 13. The van der Waals surface area contributed by atoms with E-state index in [-0.39, 0.29) is 31.2 Å². The van der Waals surface area contributed by atoms with Crippen molar-refractivity contribution in [3.63, 3.8) is 0 Å². The highest BCUT2D eigenvalue weighted by atomic mass is 19.3. The van der Waals surface area contributed by atoms with Crippen molar-refractivity contribution in [2.45, 2.75) is 69.8 Å². The Bertz CT molecular complexity index is 1210. The fourth-order valence-corrected chi connectivity index (χ4v) is 3.76. The minimum atomic E-state index is -3.91. The molecule has 1 aliphatic rings. The van der Waals surface area contributed by atoms with E-state index >= 15 is 0 Å². The molecule has 3 atom stereocenters. The lowest BCUT2D eigenvalue weighted by Crippen LogP contribution is -2.42. The molecule has 1 aliphatic heterocycles. The lowest BCUT2D eigenvalue weighted by Gasteiger charge is -2.21. The standard InChI is InChI=1S/C26H32F2N4O8/c1-2-3-15-38-25(37)31-19-13-14-32(24(36)30-19)23-26(27,28)22(35)18(40-23)16-39-21(34)12-8-7-11-20(33)29-17-9-5-4-6-10-17/h4-6,9-10,13-14,18,22-23,35H,2-3,7-8,11-12,15-16H2,1H3,(H,29,33)(H,30,31,36,37)/t18-,22-,23-/m1/s1. The zero-order chi connectivity index (χ0) is 29.1. The maximum atomic E-state index is 14.8. The van der Waals surface area contributed by atoms with Crippen molar-refractivity contribution in [2.75, 3.05) is 23.8 Å². The van der Waals surface area contributed by atoms with Gasteiger partial charge in [0.15, 0.2) is 6.10 Å². The van der Waals surface area contributed by atoms with Gasteiger partial charge in [0.2, 0.25) is 12.1 Å². The molecule has 0 saturated carbocycles. The van der Waals surface area contributed by atoms with Crippen LogP contribution in [0, 0.1) is 0 Å². The summed E-state index contributed by atoms with van der Waals surface area (Å²) in [5, 5.41) is 15.1. The summed E-state index contributed by atoms with van der Waals surface area (Å²) in [6.07, 6.45) is -3.85. The molecule has 0 unspecified atom stereocenters. The molecule has 2 aromatic rings. The van der Waals surface area contributed by atoms with Crippen molar-refractivity contribution >= 4 is 29.5 Å². The number of amides is 2. The van der Waals surface area contributed by atoms with Crippen LogP contribution in [0.4, 0.5) is 25.1 Å². The number of nitrogens with one attached hydrogen (secondary N) is 2. The van der Waals surface area contributed by atoms with Crippen molar-refractivity contribution in [1.29, 1.82) is 0 Å². The van der Waals surface area contributed by atoms with Gasteiger partial charge in [0.25, 0.3) is 0 Å². The number of unbranched alkanes of at least 4 members (excludes halogenated alkanes) is 2. The molecule has 3 N–H and O–H groups in total. The molecule has 1 fully saturated rings. The van der Waals surface area contributed by atoms with Crippen LogP contribution in [0.1, 0.15) is 51.7 Å². The summed E-state index contributed by atoms with van der Waals surface area (Å²) in [5.41, 5.74) is -0.512. The number of para-hydroxylation sites is 1. The van der Waals surface area contributed by atoms with Gasteiger partial charge in [0.05, 0.1) is 6.61 Å². The molecular formula is C26H32F2N4O8. The highest BCUT2D eigenvalue weighted by molar-refractivity contribution is 5.90. The first kappa shape index (κ1) is 30.6. The molecule has 0 bridgehead atoms. The number of anilines is 2. The van der Waals surface area contributed by atoms with Crippen LogP contribution in [0.25, 0.3) is 0 Å². The van der Waals surface area contributed by atoms with E-state index in [1.807, 2.05) is 13.0 Å². The number of alkyl halides is 2. The number of carbonyl (C=O) groups is 3. The number of hydrogen-bond acceptors (Lipinski definition) is 9. The van der Waals surface area contributed by atoms with Crippen molar-refractivity contribution in [2.24, 2.45) is 0 Å². The Balaban J connectivity index is 1.45. The second-order valence-corrected chi connectivity index (χ2v) is 9.07. The van der Waals surface area contributed by atoms with Gasteiger partial charge in [-0.05, 0) is 37.5 Å². The smallest absolute Gasteiger partial charge is 0.412 e. The number of esters is 1. The first-order valence-electron chi connectivity index (χ1n) is 12.9. The van der Waals surface area contributed by atoms with E-state index in [1.54, 1.807) is 24.3 Å². The molecule has 1 aromatic carbocycles. The number of nitrogens with zero attached hydrogens (tertiary/aromatic N) is 2. The number of hydrogen-bond donors (Lipinski definition) is 3. The van der Waals surface area contributed by atoms with Crippen LogP contribution in [0.2, 0.25) is 0 Å². The van der Waals surface area contributed by atoms with Crippen LogP contribution < -0.4 is 16.3 Å². The zero-order valence-corrected chi connectivity index (χ0v) is 21.9. The van der Waals surface area contributed by atoms with Crippen LogP contribution in [-0.2, 0) is 23.8 Å². The number of ether oxygens (including phenoxy) is 3. The molecule has 1 saturated heterocycles. The molecule has 12 nitrogen and oxygen atoms in total. The molecule has 3 rings (SSSR count). The van der Waals surface area contributed by atoms with E-state index in [2.05, 4.69) is 15.6 Å². The van der Waals surface area contributed by atoms with Crippen LogP contribution in [0.5, 0.6) is 0 Å². The van der Waals surface area contributed by atoms with E-state index in [1.165, 1.54) is 0 Å². The fraction of sp³-hybridized carbons (Fsp3) is 0.500. The molecule has 40 heavy (non-hydrogen) atoms. The summed E-state index contributed by atoms with van der Waals surface area (Å²) in [6.45, 7) is 1.40. The maximum Gasteiger partial charge on any atom is 0.412 e. The van der Waals surface area contributed by atoms with Crippen molar-refractivity contribution in [3.8, 4) is 0 Å². The van der Waals surface area contributed by atoms with E-state index < -0.39 is 48.7 Å². The molecule has 0 aliphatic carbocycles. The van der Waals surface area contributed by atoms with Gasteiger partial charge < -0.3 is 24.6 Å². The number of aromatic nitrogens is 2. The Labute approximate surface area is 228 Å². The predicted octanol–water partition coefficient (Wildman–Crippen LogP) is 3.23. The van der Waals surface area contributed by atoms with E-state index in [0.717, 1.165) is 18.7 Å². The van der Waals surface area contributed by atoms with E-state index in [9.17, 15) is 33.1 Å². The Morgan fingerprint density at radius 1 is 1.07 bits per heavy atom. The minimum Gasteiger partial charge on any atom is -0.463 e. The van der Waals surface area contributed by atoms with Gasteiger partial charge in [-0.2, -0.15) is 13.8 Å². The Kier molecular flexibility index (Phi) is 11.1. The normalized spacial score (nSPS) is 19.6. The van der Waals surface area contributed by atoms with Crippen LogP contribution >= 0.6 is 0 Å². The molecule has 2 amide bonds. The van der Waals surface area contributed by atoms with Gasteiger partial charge >= 0.3 is 23.7 Å². The topological polar surface area (TPSA) is 158 Å². The lowest BCUT2D eigenvalue weighted by molar-refractivity contribution is -0.150. The quantitative estimate of drug-likeness (QED) is 0.244. The second kappa shape index (κ2) is 14.5. The number of benzene rings is 1. The van der Waals surface area contributed by atoms with Gasteiger partial charge in [-0.1, -0.05) is 31.5 Å². The first-order valence-corrected chi connectivity index (χ1v) is 12.9. The van der Waals surface area contributed by atoms with Crippen molar-refractivity contribution in [3.05, 3.63) is 53.1 Å². The minimum absolute atomic E-state index is 0.0695. The molecule has 0 spiro atoms. The lowest BCUT2D eigenvalue weighted by atomic mass is 10.1. The predicted molar refractivity (Wildman–Crippen MR) is 138 cm³/mol. The van der Waals surface area contributed by atoms with Crippen LogP contribution in [0.3, 0.4) is 0 Å². The van der Waals surface area contributed by atoms with Crippen LogP contribution in [-0.4, -0.2) is 64.0 Å². The Morgan fingerprint density at radius 3 is 2.50 bits per heavy atom. The Morgan fingerprint density at radius 2 is 1.80 bits per heavy atom. The van der Waals surface area contributed by atoms with Crippen LogP contribution in [0.15, 0.2) is 47.4 Å². The average Bonchev–Trinajstić information content (AvgIpc) is 3.14. The molecule has 1 aromatic heterocycles. The first-order chi connectivity index (χ1) is 19.1. The van der Waals surface area contributed by atoms with E-state index in [0.29, 0.717) is 29.5 Å². The third-order valence-electron chi connectivity index (χ3n) is 5.92. The molecule has 218 valence electrons. The van der Waals surface area contributed by atoms with Crippen molar-refractivity contribution < 1.29 is 42.5 Å². The number of aliphatic hydroxyl groups is 1. The summed E-state index contributed by atoms with van der Waals surface area (Å²) in [7, 11) is 0. The maximum absolute atomic E-state index is 14.8. The molecular weight excluding hydrogens is 534 g/mol. The largest absolute Gasteiger partial charge is 0.463 e. The third-order valence-corrected chi connectivity index (χ3v) is 5.92. The highest BCUT2D eigenvalue weighted by Crippen LogP contribution is 2.42. The van der Waals surface area contributed by atoms with Gasteiger partial charge in [-0.15, -0.1) is 0 Å². The van der Waals surface area contributed by atoms with E-state index in [4.69, 9.17) is 14.2 Å². The van der Waals surface area contributed by atoms with Gasteiger partial charge in [-0.25, -0.2) is 9.59 Å². The number of aliphatic hydroxyl groups excluding tert-OH is 1. The zero-order valence-electron chi connectivity index (χ0n) is 21.9. The molecule has 0 radical (unpaired) electrons. The van der Waals surface area contributed by atoms with Gasteiger partial charge in [0.1, 0.15) is 18.5 Å². The summed E-state index contributed by atoms with van der Waals surface area (Å²) >= 11 is 0. The second-order valence-electron chi connectivity index (χ2n) is 9.07. The summed E-state index contributed by atoms with van der Waals surface area (Å²) < 4.78 is 45.1. The summed E-state index contributed by atoms with van der Waals surface area (Å²) in [4.78, 5) is 51.6. The highest BCUT2D eigenvalue weighted by Gasteiger charge is 2.60. The summed E-state index contributed by atoms with van der Waals surface area (Å²) in [6, 6.07) is 9.98. The summed E-state index contributed by atoms with van der Waals surface area (Å²) in [5.74, 6) is -5.06. The molecule has 2 heterocycles. The van der Waals surface area contributed by atoms with Crippen molar-refractivity contribution in [1.82, 2.24) is 9.55 Å². The average molecular weight is 567 g/mol. The van der Waals surface area contributed by atoms with Gasteiger partial charge in [0, 0.05) is 24.7 Å². The number of halogens is 2.